The van der Waals surface area contributed by atoms with E-state index in [1.807, 2.05) is 0 Å². The Bertz CT molecular complexity index is 419. The van der Waals surface area contributed by atoms with Crippen molar-refractivity contribution in [3.8, 4) is 0 Å². The van der Waals surface area contributed by atoms with Crippen LogP contribution in [0, 0.1) is 0 Å². The van der Waals surface area contributed by atoms with E-state index >= 15 is 0 Å². The summed E-state index contributed by atoms with van der Waals surface area (Å²) in [5, 5.41) is 4.96. The highest BCUT2D eigenvalue weighted by molar-refractivity contribution is 7.99. The summed E-state index contributed by atoms with van der Waals surface area (Å²) in [4.78, 5) is 6.91. The molecule has 0 amide bonds. The van der Waals surface area contributed by atoms with Crippen molar-refractivity contribution in [1.82, 2.24) is 15.0 Å². The van der Waals surface area contributed by atoms with E-state index in [1.54, 1.807) is 0 Å². The second-order valence-electron chi connectivity index (χ2n) is 5.78. The standard InChI is InChI=1S/C14H23N3OS/c1-3-19-12-7-6-11(8-12)17(2)9-13-15-14(18-16-13)10-4-5-10/h10-12H,3-9H2,1-2H3/t11-,12-/m1/s1. The van der Waals surface area contributed by atoms with Gasteiger partial charge in [0, 0.05) is 17.2 Å². The van der Waals surface area contributed by atoms with Crippen molar-refractivity contribution in [3.63, 3.8) is 0 Å². The normalized spacial score (nSPS) is 27.3. The largest absolute Gasteiger partial charge is 0.339 e. The second-order valence-corrected chi connectivity index (χ2v) is 7.36. The average molecular weight is 281 g/mol. The second kappa shape index (κ2) is 5.83. The van der Waals surface area contributed by atoms with Gasteiger partial charge in [0.15, 0.2) is 5.82 Å². The Morgan fingerprint density at radius 2 is 2.16 bits per heavy atom. The Morgan fingerprint density at radius 3 is 2.89 bits per heavy atom. The molecule has 0 unspecified atom stereocenters. The first-order valence-electron chi connectivity index (χ1n) is 7.40. The summed E-state index contributed by atoms with van der Waals surface area (Å²) in [6.45, 7) is 3.07. The lowest BCUT2D eigenvalue weighted by molar-refractivity contribution is 0.228. The van der Waals surface area contributed by atoms with E-state index in [0.717, 1.165) is 23.5 Å². The molecule has 1 aromatic heterocycles. The molecule has 0 bridgehead atoms. The SMILES string of the molecule is CCS[C@@H]1CC[C@@H](N(C)Cc2noc(C3CC3)n2)C1. The van der Waals surface area contributed by atoms with Crippen LogP contribution in [0.5, 0.6) is 0 Å². The van der Waals surface area contributed by atoms with Gasteiger partial charge >= 0.3 is 0 Å². The highest BCUT2D eigenvalue weighted by Gasteiger charge is 2.31. The minimum atomic E-state index is 0.559. The van der Waals surface area contributed by atoms with E-state index in [1.165, 1.54) is 37.9 Å². The first kappa shape index (κ1) is 13.4. The van der Waals surface area contributed by atoms with Crippen LogP contribution in [0.2, 0.25) is 0 Å². The van der Waals surface area contributed by atoms with Crippen molar-refractivity contribution in [2.24, 2.45) is 0 Å². The van der Waals surface area contributed by atoms with Crippen molar-refractivity contribution in [1.29, 1.82) is 0 Å². The Labute approximate surface area is 119 Å². The van der Waals surface area contributed by atoms with E-state index in [0.29, 0.717) is 12.0 Å². The highest BCUT2D eigenvalue weighted by Crippen LogP contribution is 2.39. The third-order valence-electron chi connectivity index (χ3n) is 4.18. The molecule has 2 atom stereocenters. The third kappa shape index (κ3) is 3.31. The molecule has 2 saturated carbocycles. The molecule has 0 spiro atoms. The van der Waals surface area contributed by atoms with Crippen molar-refractivity contribution in [2.75, 3.05) is 12.8 Å². The van der Waals surface area contributed by atoms with Crippen LogP contribution in [0.4, 0.5) is 0 Å². The van der Waals surface area contributed by atoms with E-state index in [4.69, 9.17) is 4.52 Å². The predicted molar refractivity (Wildman–Crippen MR) is 77.3 cm³/mol. The molecule has 106 valence electrons. The zero-order chi connectivity index (χ0) is 13.2. The molecule has 3 rings (SSSR count). The zero-order valence-electron chi connectivity index (χ0n) is 11.8. The predicted octanol–water partition coefficient (Wildman–Crippen LogP) is 3.05. The van der Waals surface area contributed by atoms with Gasteiger partial charge in [-0.3, -0.25) is 4.90 Å². The number of aromatic nitrogens is 2. The molecule has 0 radical (unpaired) electrons. The molecule has 5 heteroatoms. The Morgan fingerprint density at radius 1 is 1.32 bits per heavy atom. The first-order valence-corrected chi connectivity index (χ1v) is 8.45. The fourth-order valence-corrected chi connectivity index (χ4v) is 4.02. The topological polar surface area (TPSA) is 42.2 Å². The Kier molecular flexibility index (Phi) is 4.12. The van der Waals surface area contributed by atoms with E-state index in [2.05, 4.69) is 40.8 Å². The van der Waals surface area contributed by atoms with Crippen LogP contribution in [0.1, 0.15) is 56.7 Å². The van der Waals surface area contributed by atoms with Gasteiger partial charge in [-0.15, -0.1) is 0 Å². The number of nitrogens with zero attached hydrogens (tertiary/aromatic N) is 3. The van der Waals surface area contributed by atoms with Gasteiger partial charge in [0.2, 0.25) is 5.89 Å². The van der Waals surface area contributed by atoms with Crippen LogP contribution in [-0.4, -0.2) is 39.1 Å². The number of hydrogen-bond donors (Lipinski definition) is 0. The molecule has 2 fully saturated rings. The average Bonchev–Trinajstić information content (AvgIpc) is 2.96. The van der Waals surface area contributed by atoms with Crippen LogP contribution < -0.4 is 0 Å². The fraction of sp³-hybridized carbons (Fsp3) is 0.857. The molecule has 0 saturated heterocycles. The van der Waals surface area contributed by atoms with Gasteiger partial charge in [-0.2, -0.15) is 16.7 Å². The summed E-state index contributed by atoms with van der Waals surface area (Å²) in [5.41, 5.74) is 0. The molecule has 0 N–H and O–H groups in total. The lowest BCUT2D eigenvalue weighted by Gasteiger charge is -2.22. The summed E-state index contributed by atoms with van der Waals surface area (Å²) in [7, 11) is 2.19. The summed E-state index contributed by atoms with van der Waals surface area (Å²) < 4.78 is 5.32. The summed E-state index contributed by atoms with van der Waals surface area (Å²) in [6, 6.07) is 0.687. The van der Waals surface area contributed by atoms with Crippen LogP contribution in [0.25, 0.3) is 0 Å². The van der Waals surface area contributed by atoms with Crippen molar-refractivity contribution in [3.05, 3.63) is 11.7 Å². The maximum atomic E-state index is 5.32. The molecule has 1 heterocycles. The van der Waals surface area contributed by atoms with Crippen LogP contribution >= 0.6 is 11.8 Å². The number of rotatable bonds is 6. The number of thioether (sulfide) groups is 1. The zero-order valence-corrected chi connectivity index (χ0v) is 12.7. The van der Waals surface area contributed by atoms with E-state index < -0.39 is 0 Å². The monoisotopic (exact) mass is 281 g/mol. The minimum Gasteiger partial charge on any atom is -0.339 e. The van der Waals surface area contributed by atoms with Crippen molar-refractivity contribution in [2.45, 2.75) is 62.8 Å². The Balaban J connectivity index is 1.51. The lowest BCUT2D eigenvalue weighted by Crippen LogP contribution is -2.29. The molecule has 0 aromatic carbocycles. The summed E-state index contributed by atoms with van der Waals surface area (Å²) in [6.07, 6.45) is 6.41. The molecule has 2 aliphatic carbocycles. The molecular formula is C14H23N3OS. The van der Waals surface area contributed by atoms with Crippen molar-refractivity contribution >= 4 is 11.8 Å². The lowest BCUT2D eigenvalue weighted by atomic mass is 10.2. The maximum Gasteiger partial charge on any atom is 0.229 e. The van der Waals surface area contributed by atoms with Gasteiger partial charge in [0.05, 0.1) is 6.54 Å². The molecule has 4 nitrogen and oxygen atoms in total. The van der Waals surface area contributed by atoms with Gasteiger partial charge in [-0.1, -0.05) is 12.1 Å². The van der Waals surface area contributed by atoms with Gasteiger partial charge < -0.3 is 4.52 Å². The van der Waals surface area contributed by atoms with Gasteiger partial charge in [0.1, 0.15) is 0 Å². The van der Waals surface area contributed by atoms with Crippen LogP contribution in [0.15, 0.2) is 4.52 Å². The molecule has 2 aliphatic rings. The summed E-state index contributed by atoms with van der Waals surface area (Å²) in [5.74, 6) is 3.50. The molecule has 1 aromatic rings. The van der Waals surface area contributed by atoms with Gasteiger partial charge in [-0.25, -0.2) is 0 Å². The van der Waals surface area contributed by atoms with E-state index in [9.17, 15) is 0 Å². The van der Waals surface area contributed by atoms with Crippen molar-refractivity contribution < 1.29 is 4.52 Å². The quantitative estimate of drug-likeness (QED) is 0.801. The maximum absolute atomic E-state index is 5.32. The smallest absolute Gasteiger partial charge is 0.229 e. The van der Waals surface area contributed by atoms with Crippen LogP contribution in [-0.2, 0) is 6.54 Å². The first-order chi connectivity index (χ1) is 9.26. The molecule has 0 aliphatic heterocycles. The molecular weight excluding hydrogens is 258 g/mol. The van der Waals surface area contributed by atoms with Gasteiger partial charge in [0.25, 0.3) is 0 Å². The third-order valence-corrected chi connectivity index (χ3v) is 5.42. The highest BCUT2D eigenvalue weighted by atomic mass is 32.2. The Hall–Kier alpha value is -0.550. The summed E-state index contributed by atoms with van der Waals surface area (Å²) >= 11 is 2.11. The van der Waals surface area contributed by atoms with Gasteiger partial charge in [-0.05, 0) is 44.9 Å². The van der Waals surface area contributed by atoms with Crippen LogP contribution in [0.3, 0.4) is 0 Å². The fourth-order valence-electron chi connectivity index (χ4n) is 2.88. The number of hydrogen-bond acceptors (Lipinski definition) is 5. The molecule has 19 heavy (non-hydrogen) atoms. The van der Waals surface area contributed by atoms with E-state index in [-0.39, 0.29) is 0 Å². The minimum absolute atomic E-state index is 0.559.